The van der Waals surface area contributed by atoms with Crippen molar-refractivity contribution in [1.82, 2.24) is 24.9 Å². The highest BCUT2D eigenvalue weighted by Gasteiger charge is 2.26. The Bertz CT molecular complexity index is 1020. The van der Waals surface area contributed by atoms with Gasteiger partial charge in [0.2, 0.25) is 0 Å². The highest BCUT2D eigenvalue weighted by Crippen LogP contribution is 2.26. The Morgan fingerprint density at radius 3 is 2.93 bits per heavy atom. The number of halogens is 1. The Labute approximate surface area is 167 Å². The Kier molecular flexibility index (Phi) is 5.20. The number of nitrogens with zero attached hydrogens (tertiary/aromatic N) is 4. The molecule has 0 saturated carbocycles. The summed E-state index contributed by atoms with van der Waals surface area (Å²) in [5, 5.41) is 30.9. The minimum Gasteiger partial charge on any atom is -0.392 e. The van der Waals surface area contributed by atoms with E-state index in [-0.39, 0.29) is 12.6 Å². The summed E-state index contributed by atoms with van der Waals surface area (Å²) in [6, 6.07) is 6.83. The molecular formula is C20H25FN6O2. The van der Waals surface area contributed by atoms with E-state index < -0.39 is 11.8 Å². The molecule has 9 heteroatoms. The van der Waals surface area contributed by atoms with Crippen molar-refractivity contribution in [3.63, 3.8) is 0 Å². The number of piperidine rings is 1. The molecule has 4 heterocycles. The summed E-state index contributed by atoms with van der Waals surface area (Å²) in [4.78, 5) is 8.97. The molecule has 4 N–H and O–H groups in total. The first-order valence-corrected chi connectivity index (χ1v) is 9.67. The van der Waals surface area contributed by atoms with Crippen LogP contribution in [0.3, 0.4) is 0 Å². The van der Waals surface area contributed by atoms with Gasteiger partial charge in [0, 0.05) is 12.1 Å². The van der Waals surface area contributed by atoms with Crippen molar-refractivity contribution in [2.45, 2.75) is 44.7 Å². The van der Waals surface area contributed by atoms with Crippen LogP contribution in [0, 0.1) is 0 Å². The smallest absolute Gasteiger partial charge is 0.154 e. The van der Waals surface area contributed by atoms with Crippen LogP contribution in [0.5, 0.6) is 0 Å². The van der Waals surface area contributed by atoms with E-state index in [2.05, 4.69) is 25.7 Å². The molecule has 154 valence electrons. The molecule has 1 aliphatic heterocycles. The van der Waals surface area contributed by atoms with Crippen molar-refractivity contribution >= 4 is 11.5 Å². The summed E-state index contributed by atoms with van der Waals surface area (Å²) in [6.45, 7) is 4.21. The van der Waals surface area contributed by atoms with Crippen LogP contribution in [0.4, 0.5) is 10.2 Å². The van der Waals surface area contributed by atoms with Gasteiger partial charge in [-0.15, -0.1) is 0 Å². The highest BCUT2D eigenvalue weighted by molar-refractivity contribution is 5.62. The number of anilines is 1. The average Bonchev–Trinajstić information content (AvgIpc) is 3.11. The summed E-state index contributed by atoms with van der Waals surface area (Å²) in [5.41, 5.74) is 1.45. The zero-order valence-electron chi connectivity index (χ0n) is 16.4. The molecule has 0 aliphatic carbocycles. The van der Waals surface area contributed by atoms with Crippen molar-refractivity contribution in [2.75, 3.05) is 18.4 Å². The first kappa shape index (κ1) is 19.7. The molecule has 0 aromatic carbocycles. The molecule has 0 spiro atoms. The van der Waals surface area contributed by atoms with Crippen LogP contribution >= 0.6 is 0 Å². The Morgan fingerprint density at radius 2 is 2.21 bits per heavy atom. The molecular weight excluding hydrogens is 375 g/mol. The van der Waals surface area contributed by atoms with Crippen molar-refractivity contribution < 1.29 is 14.6 Å². The van der Waals surface area contributed by atoms with Gasteiger partial charge in [-0.3, -0.25) is 0 Å². The van der Waals surface area contributed by atoms with E-state index in [0.29, 0.717) is 53.6 Å². The SMILES string of the molecule is CC(C)(O)c1nn2c(-c3cccc(N[C@H]4CNCC[C@@H]4F)n3)cnc2cc1CO. The van der Waals surface area contributed by atoms with E-state index in [1.807, 2.05) is 12.1 Å². The van der Waals surface area contributed by atoms with E-state index in [1.165, 1.54) is 0 Å². The molecule has 0 amide bonds. The number of aliphatic hydroxyl groups excluding tert-OH is 1. The topological polar surface area (TPSA) is 108 Å². The number of rotatable bonds is 5. The van der Waals surface area contributed by atoms with Crippen LogP contribution in [0.25, 0.3) is 17.0 Å². The monoisotopic (exact) mass is 400 g/mol. The standard InChI is InChI=1S/C20H25FN6O2/c1-20(2,29)19-12(11-28)8-18-23-10-16(27(18)26-19)14-4-3-5-17(24-14)25-15-9-22-7-6-13(15)21/h3-5,8,10,13,15,22,28-29H,6-7,9,11H2,1-2H3,(H,24,25)/t13-,15-/m0/s1. The van der Waals surface area contributed by atoms with Crippen LogP contribution in [-0.4, -0.2) is 55.1 Å². The van der Waals surface area contributed by atoms with Crippen molar-refractivity contribution in [2.24, 2.45) is 0 Å². The lowest BCUT2D eigenvalue weighted by molar-refractivity contribution is 0.0697. The lowest BCUT2D eigenvalue weighted by atomic mass is 10.0. The van der Waals surface area contributed by atoms with Gasteiger partial charge in [-0.05, 0) is 45.0 Å². The van der Waals surface area contributed by atoms with Crippen molar-refractivity contribution in [3.8, 4) is 11.4 Å². The Hall–Kier alpha value is -2.62. The number of alkyl halides is 1. The fourth-order valence-electron chi connectivity index (χ4n) is 3.58. The van der Waals surface area contributed by atoms with Gasteiger partial charge in [0.05, 0.1) is 30.2 Å². The van der Waals surface area contributed by atoms with E-state index in [4.69, 9.17) is 0 Å². The zero-order chi connectivity index (χ0) is 20.6. The predicted molar refractivity (Wildman–Crippen MR) is 107 cm³/mol. The molecule has 4 rings (SSSR count). The van der Waals surface area contributed by atoms with Gasteiger partial charge < -0.3 is 20.8 Å². The molecule has 8 nitrogen and oxygen atoms in total. The molecule has 0 unspecified atom stereocenters. The van der Waals surface area contributed by atoms with Crippen molar-refractivity contribution in [3.05, 3.63) is 41.7 Å². The lowest BCUT2D eigenvalue weighted by Gasteiger charge is -2.28. The lowest BCUT2D eigenvalue weighted by Crippen LogP contribution is -2.46. The molecule has 1 aliphatic rings. The highest BCUT2D eigenvalue weighted by atomic mass is 19.1. The fraction of sp³-hybridized carbons (Fsp3) is 0.450. The largest absolute Gasteiger partial charge is 0.392 e. The number of hydrogen-bond donors (Lipinski definition) is 4. The second-order valence-electron chi connectivity index (χ2n) is 7.82. The summed E-state index contributed by atoms with van der Waals surface area (Å²) in [5.74, 6) is 0.573. The van der Waals surface area contributed by atoms with Gasteiger partial charge in [-0.25, -0.2) is 18.9 Å². The zero-order valence-corrected chi connectivity index (χ0v) is 16.4. The van der Waals surface area contributed by atoms with E-state index in [1.54, 1.807) is 36.7 Å². The number of pyridine rings is 1. The molecule has 3 aromatic rings. The molecule has 2 atom stereocenters. The number of aromatic nitrogens is 4. The van der Waals surface area contributed by atoms with Crippen LogP contribution in [0.1, 0.15) is 31.5 Å². The number of fused-ring (bicyclic) bond motifs is 1. The maximum Gasteiger partial charge on any atom is 0.154 e. The predicted octanol–water partition coefficient (Wildman–Crippen LogP) is 1.62. The maximum absolute atomic E-state index is 14.1. The first-order valence-electron chi connectivity index (χ1n) is 9.67. The van der Waals surface area contributed by atoms with Crippen LogP contribution in [0.15, 0.2) is 30.5 Å². The fourth-order valence-corrected chi connectivity index (χ4v) is 3.58. The average molecular weight is 400 g/mol. The number of aliphatic hydroxyl groups is 2. The Balaban J connectivity index is 1.71. The summed E-state index contributed by atoms with van der Waals surface area (Å²) >= 11 is 0. The second kappa shape index (κ2) is 7.66. The molecule has 1 saturated heterocycles. The summed E-state index contributed by atoms with van der Waals surface area (Å²) in [7, 11) is 0. The molecule has 1 fully saturated rings. The van der Waals surface area contributed by atoms with Gasteiger partial charge >= 0.3 is 0 Å². The number of imidazole rings is 1. The van der Waals surface area contributed by atoms with E-state index in [9.17, 15) is 14.6 Å². The van der Waals surface area contributed by atoms with E-state index >= 15 is 0 Å². The van der Waals surface area contributed by atoms with Crippen LogP contribution in [0.2, 0.25) is 0 Å². The van der Waals surface area contributed by atoms with Crippen LogP contribution in [-0.2, 0) is 12.2 Å². The van der Waals surface area contributed by atoms with Crippen LogP contribution < -0.4 is 10.6 Å². The van der Waals surface area contributed by atoms with Gasteiger partial charge in [-0.1, -0.05) is 6.07 Å². The van der Waals surface area contributed by atoms with Gasteiger partial charge in [0.25, 0.3) is 0 Å². The maximum atomic E-state index is 14.1. The molecule has 0 radical (unpaired) electrons. The minimum absolute atomic E-state index is 0.248. The summed E-state index contributed by atoms with van der Waals surface area (Å²) < 4.78 is 15.7. The Morgan fingerprint density at radius 1 is 1.38 bits per heavy atom. The number of nitrogens with one attached hydrogen (secondary N) is 2. The normalized spacial score (nSPS) is 20.2. The van der Waals surface area contributed by atoms with Gasteiger partial charge in [0.15, 0.2) is 5.65 Å². The van der Waals surface area contributed by atoms with E-state index in [0.717, 1.165) is 0 Å². The van der Waals surface area contributed by atoms with Crippen molar-refractivity contribution in [1.29, 1.82) is 0 Å². The third kappa shape index (κ3) is 3.93. The second-order valence-corrected chi connectivity index (χ2v) is 7.82. The third-order valence-corrected chi connectivity index (χ3v) is 5.06. The van der Waals surface area contributed by atoms with Gasteiger partial charge in [-0.2, -0.15) is 5.10 Å². The third-order valence-electron chi connectivity index (χ3n) is 5.06. The minimum atomic E-state index is -1.23. The quantitative estimate of drug-likeness (QED) is 0.516. The first-order chi connectivity index (χ1) is 13.9. The molecule has 0 bridgehead atoms. The summed E-state index contributed by atoms with van der Waals surface area (Å²) in [6.07, 6.45) is 1.19. The molecule has 29 heavy (non-hydrogen) atoms. The number of hydrogen-bond acceptors (Lipinski definition) is 7. The van der Waals surface area contributed by atoms with Gasteiger partial charge in [0.1, 0.15) is 23.3 Å². The molecule has 3 aromatic heterocycles.